The molecular formula is C20H26N2O2. The van der Waals surface area contributed by atoms with Gasteiger partial charge in [-0.05, 0) is 43.4 Å². The fourth-order valence-electron chi connectivity index (χ4n) is 3.28. The number of amides is 1. The van der Waals surface area contributed by atoms with E-state index in [1.807, 2.05) is 30.3 Å². The van der Waals surface area contributed by atoms with Crippen molar-refractivity contribution in [2.45, 2.75) is 31.7 Å². The summed E-state index contributed by atoms with van der Waals surface area (Å²) in [7, 11) is 0. The Kier molecular flexibility index (Phi) is 6.07. The van der Waals surface area contributed by atoms with Crippen LogP contribution in [0.4, 0.5) is 0 Å². The van der Waals surface area contributed by atoms with Crippen molar-refractivity contribution in [2.75, 3.05) is 26.2 Å². The molecule has 0 aromatic heterocycles. The third-order valence-electron chi connectivity index (χ3n) is 4.58. The van der Waals surface area contributed by atoms with Crippen LogP contribution in [0, 0.1) is 0 Å². The van der Waals surface area contributed by atoms with E-state index in [0.717, 1.165) is 25.3 Å². The van der Waals surface area contributed by atoms with Crippen molar-refractivity contribution in [3.63, 3.8) is 0 Å². The fraction of sp³-hybridized carbons (Fsp3) is 0.450. The van der Waals surface area contributed by atoms with Gasteiger partial charge in [-0.2, -0.15) is 0 Å². The largest absolute Gasteiger partial charge is 0.484 e. The van der Waals surface area contributed by atoms with Crippen LogP contribution in [-0.4, -0.2) is 43.1 Å². The number of para-hydroxylation sites is 1. The Morgan fingerprint density at radius 2 is 2.12 bits per heavy atom. The smallest absolute Gasteiger partial charge is 0.258 e. The van der Waals surface area contributed by atoms with Gasteiger partial charge in [-0.25, -0.2) is 0 Å². The number of benzene rings is 1. The molecule has 1 atom stereocenters. The lowest BCUT2D eigenvalue weighted by Crippen LogP contribution is -2.41. The summed E-state index contributed by atoms with van der Waals surface area (Å²) in [5, 5.41) is 2.97. The second kappa shape index (κ2) is 8.69. The lowest BCUT2D eigenvalue weighted by atomic mass is 9.99. The van der Waals surface area contributed by atoms with Crippen LogP contribution >= 0.6 is 0 Å². The molecule has 1 aliphatic carbocycles. The maximum absolute atomic E-state index is 12.0. The quantitative estimate of drug-likeness (QED) is 0.817. The molecule has 0 bridgehead atoms. The number of allylic oxidation sites excluding steroid dienone is 1. The van der Waals surface area contributed by atoms with Crippen LogP contribution in [-0.2, 0) is 4.79 Å². The number of nitrogens with zero attached hydrogens (tertiary/aromatic N) is 1. The van der Waals surface area contributed by atoms with Crippen LogP contribution in [0.2, 0.25) is 0 Å². The highest BCUT2D eigenvalue weighted by Crippen LogP contribution is 2.20. The van der Waals surface area contributed by atoms with Crippen molar-refractivity contribution in [3.8, 4) is 5.75 Å². The second-order valence-corrected chi connectivity index (χ2v) is 6.43. The molecule has 1 heterocycles. The number of carbonyl (C=O) groups is 1. The molecule has 3 rings (SSSR count). The normalized spacial score (nSPS) is 21.2. The Hall–Kier alpha value is -2.07. The molecule has 2 aliphatic rings. The van der Waals surface area contributed by atoms with Gasteiger partial charge < -0.3 is 10.1 Å². The first kappa shape index (κ1) is 16.8. The first-order valence-corrected chi connectivity index (χ1v) is 8.84. The molecule has 4 nitrogen and oxygen atoms in total. The van der Waals surface area contributed by atoms with Crippen LogP contribution in [0.3, 0.4) is 0 Å². The van der Waals surface area contributed by atoms with Crippen LogP contribution in [0.5, 0.6) is 5.75 Å². The number of ether oxygens (including phenoxy) is 1. The standard InChI is InChI=1S/C20H26N2O2/c23-20(16-24-19-11-5-2-6-12-19)21-14-17-8-7-13-22(15-17)18-9-3-1-4-10-18/h2-3,5-6,8-9,11-12,18H,1,4,7,10,13-16H2,(H,21,23). The van der Waals surface area contributed by atoms with Gasteiger partial charge >= 0.3 is 0 Å². The van der Waals surface area contributed by atoms with Crippen molar-refractivity contribution in [1.29, 1.82) is 0 Å². The minimum atomic E-state index is -0.0746. The molecule has 0 saturated heterocycles. The van der Waals surface area contributed by atoms with Gasteiger partial charge in [0, 0.05) is 25.7 Å². The summed E-state index contributed by atoms with van der Waals surface area (Å²) in [5.41, 5.74) is 1.30. The van der Waals surface area contributed by atoms with Gasteiger partial charge in [0.2, 0.25) is 0 Å². The summed E-state index contributed by atoms with van der Waals surface area (Å²) in [6, 6.07) is 10.00. The summed E-state index contributed by atoms with van der Waals surface area (Å²) in [4.78, 5) is 14.5. The molecule has 0 saturated carbocycles. The zero-order valence-corrected chi connectivity index (χ0v) is 14.1. The van der Waals surface area contributed by atoms with Crippen LogP contribution in [0.25, 0.3) is 0 Å². The highest BCUT2D eigenvalue weighted by Gasteiger charge is 2.20. The summed E-state index contributed by atoms with van der Waals surface area (Å²) in [6.07, 6.45) is 11.7. The van der Waals surface area contributed by atoms with Crippen LogP contribution < -0.4 is 10.1 Å². The van der Waals surface area contributed by atoms with Crippen LogP contribution in [0.1, 0.15) is 25.7 Å². The predicted octanol–water partition coefficient (Wildman–Crippen LogP) is 2.92. The second-order valence-electron chi connectivity index (χ2n) is 6.43. The van der Waals surface area contributed by atoms with Gasteiger partial charge in [0.15, 0.2) is 6.61 Å². The van der Waals surface area contributed by atoms with E-state index in [2.05, 4.69) is 28.4 Å². The molecule has 1 unspecified atom stereocenters. The van der Waals surface area contributed by atoms with Gasteiger partial charge in [-0.1, -0.05) is 36.4 Å². The highest BCUT2D eigenvalue weighted by atomic mass is 16.5. The van der Waals surface area contributed by atoms with E-state index in [9.17, 15) is 4.79 Å². The van der Waals surface area contributed by atoms with Crippen molar-refractivity contribution >= 4 is 5.91 Å². The van der Waals surface area contributed by atoms with E-state index in [1.165, 1.54) is 24.8 Å². The molecule has 1 amide bonds. The Bertz CT molecular complexity index is 595. The molecule has 0 fully saturated rings. The SMILES string of the molecule is O=C(COc1ccccc1)NCC1=CCCN(C2C=CCCC2)C1. The average Bonchev–Trinajstić information content (AvgIpc) is 2.66. The molecule has 4 heteroatoms. The monoisotopic (exact) mass is 326 g/mol. The Balaban J connectivity index is 1.41. The third kappa shape index (κ3) is 4.96. The van der Waals surface area contributed by atoms with Gasteiger partial charge in [-0.15, -0.1) is 0 Å². The molecule has 1 aromatic carbocycles. The Morgan fingerprint density at radius 3 is 2.92 bits per heavy atom. The summed E-state index contributed by atoms with van der Waals surface area (Å²) in [5.74, 6) is 0.647. The van der Waals surface area contributed by atoms with Crippen molar-refractivity contribution in [3.05, 3.63) is 54.1 Å². The van der Waals surface area contributed by atoms with Gasteiger partial charge in [0.25, 0.3) is 5.91 Å². The topological polar surface area (TPSA) is 41.6 Å². The summed E-state index contributed by atoms with van der Waals surface area (Å²) in [6.45, 7) is 2.74. The molecule has 24 heavy (non-hydrogen) atoms. The maximum atomic E-state index is 12.0. The zero-order valence-electron chi connectivity index (χ0n) is 14.1. The maximum Gasteiger partial charge on any atom is 0.258 e. The zero-order chi connectivity index (χ0) is 16.6. The van der Waals surface area contributed by atoms with E-state index in [1.54, 1.807) is 0 Å². The number of hydrogen-bond donors (Lipinski definition) is 1. The number of hydrogen-bond acceptors (Lipinski definition) is 3. The first-order chi connectivity index (χ1) is 11.8. The Morgan fingerprint density at radius 1 is 1.25 bits per heavy atom. The van der Waals surface area contributed by atoms with Crippen LogP contribution in [0.15, 0.2) is 54.1 Å². The highest BCUT2D eigenvalue weighted by molar-refractivity contribution is 5.77. The average molecular weight is 326 g/mol. The van der Waals surface area contributed by atoms with Gasteiger partial charge in [-0.3, -0.25) is 9.69 Å². The third-order valence-corrected chi connectivity index (χ3v) is 4.58. The minimum Gasteiger partial charge on any atom is -0.484 e. The molecule has 1 N–H and O–H groups in total. The summed E-state index contributed by atoms with van der Waals surface area (Å²) >= 11 is 0. The molecular weight excluding hydrogens is 300 g/mol. The number of carbonyl (C=O) groups excluding carboxylic acids is 1. The van der Waals surface area contributed by atoms with E-state index < -0.39 is 0 Å². The van der Waals surface area contributed by atoms with E-state index in [4.69, 9.17) is 4.74 Å². The molecule has 0 radical (unpaired) electrons. The minimum absolute atomic E-state index is 0.0619. The van der Waals surface area contributed by atoms with E-state index >= 15 is 0 Å². The number of nitrogens with one attached hydrogen (secondary N) is 1. The van der Waals surface area contributed by atoms with E-state index in [0.29, 0.717) is 12.6 Å². The lowest BCUT2D eigenvalue weighted by molar-refractivity contribution is -0.122. The first-order valence-electron chi connectivity index (χ1n) is 8.84. The predicted molar refractivity (Wildman–Crippen MR) is 96.0 cm³/mol. The van der Waals surface area contributed by atoms with Crippen molar-refractivity contribution < 1.29 is 9.53 Å². The number of rotatable bonds is 6. The summed E-state index contributed by atoms with van der Waals surface area (Å²) < 4.78 is 5.47. The molecule has 128 valence electrons. The molecule has 1 aliphatic heterocycles. The van der Waals surface area contributed by atoms with Crippen molar-refractivity contribution in [2.24, 2.45) is 0 Å². The lowest BCUT2D eigenvalue weighted by Gasteiger charge is -2.34. The molecule has 0 spiro atoms. The van der Waals surface area contributed by atoms with Gasteiger partial charge in [0.05, 0.1) is 0 Å². The Labute approximate surface area is 144 Å². The fourth-order valence-corrected chi connectivity index (χ4v) is 3.28. The van der Waals surface area contributed by atoms with E-state index in [-0.39, 0.29) is 12.5 Å². The van der Waals surface area contributed by atoms with Gasteiger partial charge in [0.1, 0.15) is 5.75 Å². The van der Waals surface area contributed by atoms with Crippen molar-refractivity contribution in [1.82, 2.24) is 10.2 Å². The molecule has 1 aromatic rings.